The van der Waals surface area contributed by atoms with E-state index in [1.165, 1.54) is 11.1 Å². The predicted molar refractivity (Wildman–Crippen MR) is 111 cm³/mol. The van der Waals surface area contributed by atoms with Crippen LogP contribution in [-0.2, 0) is 22.6 Å². The molecular weight excluding hydrogens is 366 g/mol. The highest BCUT2D eigenvalue weighted by atomic mass is 16.2. The van der Waals surface area contributed by atoms with Crippen molar-refractivity contribution in [1.29, 1.82) is 0 Å². The van der Waals surface area contributed by atoms with Gasteiger partial charge in [0.05, 0.1) is 6.04 Å². The van der Waals surface area contributed by atoms with Gasteiger partial charge in [0.2, 0.25) is 11.8 Å². The number of carbonyl (C=O) groups is 2. The molecule has 0 bridgehead atoms. The van der Waals surface area contributed by atoms with Crippen LogP contribution in [0.5, 0.6) is 0 Å². The van der Waals surface area contributed by atoms with Crippen LogP contribution in [0, 0.1) is 0 Å². The summed E-state index contributed by atoms with van der Waals surface area (Å²) in [4.78, 5) is 35.3. The maximum Gasteiger partial charge on any atom is 0.235 e. The number of benzene rings is 1. The van der Waals surface area contributed by atoms with E-state index in [9.17, 15) is 9.59 Å². The molecule has 3 heterocycles. The number of primary amides is 1. The molecule has 1 atom stereocenters. The molecule has 2 aliphatic heterocycles. The molecule has 1 fully saturated rings. The molecule has 0 saturated carbocycles. The summed E-state index contributed by atoms with van der Waals surface area (Å²) in [5, 5.41) is 0. The first-order valence-electron chi connectivity index (χ1n) is 10.2. The lowest BCUT2D eigenvalue weighted by Gasteiger charge is -2.37. The van der Waals surface area contributed by atoms with Crippen molar-refractivity contribution in [3.05, 3.63) is 59.8 Å². The number of pyridine rings is 1. The number of carbonyl (C=O) groups excluding carboxylic acids is 2. The van der Waals surface area contributed by atoms with E-state index < -0.39 is 0 Å². The SMILES string of the molecule is NC(=O)[C@@H]1Cc2ccccc2CN1CCC(=O)N1CCN(c2ccccn2)CC1. The van der Waals surface area contributed by atoms with Crippen LogP contribution in [0.2, 0.25) is 0 Å². The zero-order chi connectivity index (χ0) is 20.2. The van der Waals surface area contributed by atoms with Crippen molar-refractivity contribution in [2.24, 2.45) is 5.73 Å². The van der Waals surface area contributed by atoms with Gasteiger partial charge in [0, 0.05) is 51.9 Å². The van der Waals surface area contributed by atoms with Crippen molar-refractivity contribution >= 4 is 17.6 Å². The van der Waals surface area contributed by atoms with Gasteiger partial charge in [-0.05, 0) is 29.7 Å². The number of fused-ring (bicyclic) bond motifs is 1. The molecule has 0 spiro atoms. The Morgan fingerprint density at radius 3 is 2.41 bits per heavy atom. The number of hydrogen-bond acceptors (Lipinski definition) is 5. The fourth-order valence-electron chi connectivity index (χ4n) is 4.22. The molecule has 1 aromatic carbocycles. The average molecular weight is 393 g/mol. The van der Waals surface area contributed by atoms with E-state index in [0.717, 1.165) is 18.9 Å². The van der Waals surface area contributed by atoms with Crippen LogP contribution >= 0.6 is 0 Å². The van der Waals surface area contributed by atoms with Crippen LogP contribution in [0.25, 0.3) is 0 Å². The summed E-state index contributed by atoms with van der Waals surface area (Å²) in [6, 6.07) is 13.7. The Morgan fingerprint density at radius 2 is 1.72 bits per heavy atom. The minimum Gasteiger partial charge on any atom is -0.368 e. The first-order chi connectivity index (χ1) is 14.1. The Balaban J connectivity index is 1.32. The number of hydrogen-bond donors (Lipinski definition) is 1. The van der Waals surface area contributed by atoms with E-state index in [2.05, 4.69) is 22.0 Å². The third-order valence-electron chi connectivity index (χ3n) is 5.89. The fraction of sp³-hybridized carbons (Fsp3) is 0.409. The predicted octanol–water partition coefficient (Wildman–Crippen LogP) is 1.03. The Kier molecular flexibility index (Phi) is 5.76. The van der Waals surface area contributed by atoms with Gasteiger partial charge in [-0.1, -0.05) is 30.3 Å². The highest BCUT2D eigenvalue weighted by molar-refractivity contribution is 5.81. The highest BCUT2D eigenvalue weighted by Gasteiger charge is 2.30. The van der Waals surface area contributed by atoms with Gasteiger partial charge in [-0.3, -0.25) is 14.5 Å². The second kappa shape index (κ2) is 8.61. The fourth-order valence-corrected chi connectivity index (χ4v) is 4.22. The van der Waals surface area contributed by atoms with Crippen molar-refractivity contribution < 1.29 is 9.59 Å². The maximum atomic E-state index is 12.8. The third-order valence-corrected chi connectivity index (χ3v) is 5.89. The number of aromatic nitrogens is 1. The van der Waals surface area contributed by atoms with E-state index in [4.69, 9.17) is 5.73 Å². The first-order valence-corrected chi connectivity index (χ1v) is 10.2. The Bertz CT molecular complexity index is 865. The zero-order valence-electron chi connectivity index (χ0n) is 16.5. The number of nitrogens with zero attached hydrogens (tertiary/aromatic N) is 4. The molecule has 0 unspecified atom stereocenters. The molecule has 0 aliphatic carbocycles. The van der Waals surface area contributed by atoms with E-state index in [-0.39, 0.29) is 17.9 Å². The second-order valence-electron chi connectivity index (χ2n) is 7.67. The van der Waals surface area contributed by atoms with Gasteiger partial charge in [-0.2, -0.15) is 0 Å². The molecule has 2 amide bonds. The lowest BCUT2D eigenvalue weighted by atomic mass is 9.93. The van der Waals surface area contributed by atoms with Crippen molar-refractivity contribution in [3.8, 4) is 0 Å². The normalized spacial score (nSPS) is 19.7. The molecule has 152 valence electrons. The van der Waals surface area contributed by atoms with E-state index >= 15 is 0 Å². The van der Waals surface area contributed by atoms with Crippen molar-refractivity contribution in [3.63, 3.8) is 0 Å². The minimum atomic E-state index is -0.348. The molecule has 7 heteroatoms. The summed E-state index contributed by atoms with van der Waals surface area (Å²) in [5.74, 6) is 0.763. The van der Waals surface area contributed by atoms with E-state index in [0.29, 0.717) is 39.0 Å². The molecule has 0 radical (unpaired) electrons. The molecular formula is C22H27N5O2. The Labute approximate surface area is 171 Å². The number of piperazine rings is 1. The summed E-state index contributed by atoms with van der Waals surface area (Å²) >= 11 is 0. The minimum absolute atomic E-state index is 0.132. The molecule has 2 aromatic rings. The highest BCUT2D eigenvalue weighted by Crippen LogP contribution is 2.23. The first kappa shape index (κ1) is 19.4. The smallest absolute Gasteiger partial charge is 0.235 e. The molecule has 7 nitrogen and oxygen atoms in total. The van der Waals surface area contributed by atoms with Crippen molar-refractivity contribution in [2.75, 3.05) is 37.6 Å². The van der Waals surface area contributed by atoms with Crippen molar-refractivity contribution in [1.82, 2.24) is 14.8 Å². The largest absolute Gasteiger partial charge is 0.368 e. The van der Waals surface area contributed by atoms with Crippen LogP contribution in [0.1, 0.15) is 17.5 Å². The monoisotopic (exact) mass is 393 g/mol. The molecule has 1 aromatic heterocycles. The van der Waals surface area contributed by atoms with Gasteiger partial charge in [-0.15, -0.1) is 0 Å². The molecule has 1 saturated heterocycles. The number of rotatable bonds is 5. The van der Waals surface area contributed by atoms with Gasteiger partial charge < -0.3 is 15.5 Å². The summed E-state index contributed by atoms with van der Waals surface area (Å²) in [7, 11) is 0. The maximum absolute atomic E-state index is 12.8. The molecule has 2 N–H and O–H groups in total. The van der Waals surface area contributed by atoms with E-state index in [1.54, 1.807) is 6.20 Å². The standard InChI is InChI=1S/C22H27N5O2/c23-22(29)19-15-17-5-1-2-6-18(17)16-27(19)10-8-21(28)26-13-11-25(12-14-26)20-7-3-4-9-24-20/h1-7,9,19H,8,10-16H2,(H2,23,29)/t19-/m0/s1. The van der Waals surface area contributed by atoms with Crippen LogP contribution in [-0.4, -0.2) is 65.4 Å². The number of nitrogens with two attached hydrogens (primary N) is 1. The summed E-state index contributed by atoms with van der Waals surface area (Å²) < 4.78 is 0. The number of anilines is 1. The number of amides is 2. The molecule has 2 aliphatic rings. The molecule has 29 heavy (non-hydrogen) atoms. The molecule has 4 rings (SSSR count). The van der Waals surface area contributed by atoms with E-state index in [1.807, 2.05) is 40.1 Å². The summed E-state index contributed by atoms with van der Waals surface area (Å²) in [6.07, 6.45) is 2.80. The summed E-state index contributed by atoms with van der Waals surface area (Å²) in [6.45, 7) is 4.15. The average Bonchev–Trinajstić information content (AvgIpc) is 2.77. The Morgan fingerprint density at radius 1 is 1.00 bits per heavy atom. The lowest BCUT2D eigenvalue weighted by Crippen LogP contribution is -2.51. The van der Waals surface area contributed by atoms with Gasteiger partial charge in [0.15, 0.2) is 0 Å². The third kappa shape index (κ3) is 4.40. The van der Waals surface area contributed by atoms with Gasteiger partial charge in [-0.25, -0.2) is 4.98 Å². The topological polar surface area (TPSA) is 82.8 Å². The van der Waals surface area contributed by atoms with Gasteiger partial charge >= 0.3 is 0 Å². The Hall–Kier alpha value is -2.93. The van der Waals surface area contributed by atoms with Crippen LogP contribution in [0.15, 0.2) is 48.7 Å². The quantitative estimate of drug-likeness (QED) is 0.821. The summed E-state index contributed by atoms with van der Waals surface area (Å²) in [5.41, 5.74) is 8.03. The van der Waals surface area contributed by atoms with Crippen LogP contribution in [0.3, 0.4) is 0 Å². The van der Waals surface area contributed by atoms with Gasteiger partial charge in [0.1, 0.15) is 5.82 Å². The van der Waals surface area contributed by atoms with Crippen LogP contribution in [0.4, 0.5) is 5.82 Å². The van der Waals surface area contributed by atoms with Gasteiger partial charge in [0.25, 0.3) is 0 Å². The zero-order valence-corrected chi connectivity index (χ0v) is 16.5. The van der Waals surface area contributed by atoms with Crippen molar-refractivity contribution in [2.45, 2.75) is 25.4 Å². The van der Waals surface area contributed by atoms with Crippen LogP contribution < -0.4 is 10.6 Å². The second-order valence-corrected chi connectivity index (χ2v) is 7.67. The lowest BCUT2D eigenvalue weighted by molar-refractivity contribution is -0.133.